The maximum atomic E-state index is 10.7. The molecule has 0 aliphatic heterocycles. The smallest absolute Gasteiger partial charge is 0.227 e. The highest BCUT2D eigenvalue weighted by molar-refractivity contribution is 8.03. The van der Waals surface area contributed by atoms with Crippen molar-refractivity contribution in [2.24, 2.45) is 5.73 Å². The first-order valence-electron chi connectivity index (χ1n) is 5.98. The van der Waals surface area contributed by atoms with Crippen molar-refractivity contribution >= 4 is 40.8 Å². The SMILES string of the molecule is Cc1ccc(C)c(CSc2nnc(SCC(N)=O)s2)c1. The third-order valence-electron chi connectivity index (χ3n) is 2.58. The highest BCUT2D eigenvalue weighted by Crippen LogP contribution is 2.31. The maximum absolute atomic E-state index is 10.7. The second-order valence-electron chi connectivity index (χ2n) is 4.31. The van der Waals surface area contributed by atoms with Gasteiger partial charge in [0.2, 0.25) is 5.91 Å². The molecule has 1 aromatic heterocycles. The van der Waals surface area contributed by atoms with E-state index in [2.05, 4.69) is 42.2 Å². The van der Waals surface area contributed by atoms with Gasteiger partial charge in [-0.3, -0.25) is 4.79 Å². The van der Waals surface area contributed by atoms with Gasteiger partial charge in [-0.2, -0.15) is 0 Å². The van der Waals surface area contributed by atoms with Crippen LogP contribution in [0, 0.1) is 13.8 Å². The second-order valence-corrected chi connectivity index (χ2v) is 7.73. The van der Waals surface area contributed by atoms with E-state index in [9.17, 15) is 4.79 Å². The summed E-state index contributed by atoms with van der Waals surface area (Å²) < 4.78 is 1.70. The summed E-state index contributed by atoms with van der Waals surface area (Å²) in [6, 6.07) is 6.46. The van der Waals surface area contributed by atoms with Crippen LogP contribution in [0.2, 0.25) is 0 Å². The Hall–Kier alpha value is -1.05. The van der Waals surface area contributed by atoms with Crippen LogP contribution >= 0.6 is 34.9 Å². The zero-order valence-electron chi connectivity index (χ0n) is 11.3. The maximum Gasteiger partial charge on any atom is 0.227 e. The topological polar surface area (TPSA) is 68.9 Å². The number of hydrogen-bond acceptors (Lipinski definition) is 6. The molecule has 1 amide bonds. The van der Waals surface area contributed by atoms with Crippen LogP contribution in [0.15, 0.2) is 26.9 Å². The standard InChI is InChI=1S/C13H15N3OS3/c1-8-3-4-9(2)10(5-8)6-18-12-15-16-13(20-12)19-7-11(14)17/h3-5H,6-7H2,1-2H3,(H2,14,17). The van der Waals surface area contributed by atoms with Crippen molar-refractivity contribution in [1.29, 1.82) is 0 Å². The molecule has 0 fully saturated rings. The predicted octanol–water partition coefficient (Wildman–Crippen LogP) is 3.02. The van der Waals surface area contributed by atoms with Crippen LogP contribution in [0.1, 0.15) is 16.7 Å². The predicted molar refractivity (Wildman–Crippen MR) is 85.3 cm³/mol. The van der Waals surface area contributed by atoms with Gasteiger partial charge in [0.1, 0.15) is 0 Å². The molecule has 20 heavy (non-hydrogen) atoms. The Balaban J connectivity index is 1.94. The van der Waals surface area contributed by atoms with Crippen LogP contribution in [0.4, 0.5) is 0 Å². The van der Waals surface area contributed by atoms with Gasteiger partial charge < -0.3 is 5.73 Å². The number of amides is 1. The number of nitrogens with zero attached hydrogens (tertiary/aromatic N) is 2. The molecular weight excluding hydrogens is 310 g/mol. The summed E-state index contributed by atoms with van der Waals surface area (Å²) in [4.78, 5) is 10.7. The average Bonchev–Trinajstić information content (AvgIpc) is 2.85. The van der Waals surface area contributed by atoms with Crippen molar-refractivity contribution < 1.29 is 4.79 Å². The quantitative estimate of drug-likeness (QED) is 0.827. The number of aryl methyl sites for hydroxylation is 2. The number of thioether (sulfide) groups is 2. The molecule has 0 aliphatic rings. The first-order chi connectivity index (χ1) is 9.54. The van der Waals surface area contributed by atoms with E-state index in [4.69, 9.17) is 5.73 Å². The molecule has 1 heterocycles. The molecule has 0 saturated carbocycles. The van der Waals surface area contributed by atoms with Crippen LogP contribution in [0.5, 0.6) is 0 Å². The summed E-state index contributed by atoms with van der Waals surface area (Å²) in [5.74, 6) is 0.786. The molecule has 4 nitrogen and oxygen atoms in total. The van der Waals surface area contributed by atoms with E-state index in [0.717, 1.165) is 14.4 Å². The number of carbonyl (C=O) groups excluding carboxylic acids is 1. The molecule has 0 atom stereocenters. The van der Waals surface area contributed by atoms with Crippen molar-refractivity contribution in [1.82, 2.24) is 10.2 Å². The fraction of sp³-hybridized carbons (Fsp3) is 0.308. The van der Waals surface area contributed by atoms with E-state index >= 15 is 0 Å². The van der Waals surface area contributed by atoms with Gasteiger partial charge in [0.15, 0.2) is 8.68 Å². The molecule has 7 heteroatoms. The second kappa shape index (κ2) is 7.10. The van der Waals surface area contributed by atoms with Crippen molar-refractivity contribution in [3.63, 3.8) is 0 Å². The van der Waals surface area contributed by atoms with Crippen LogP contribution < -0.4 is 5.73 Å². The number of carbonyl (C=O) groups is 1. The summed E-state index contributed by atoms with van der Waals surface area (Å²) in [5.41, 5.74) is 8.97. The zero-order chi connectivity index (χ0) is 14.5. The molecule has 2 aromatic rings. The number of aromatic nitrogens is 2. The van der Waals surface area contributed by atoms with E-state index in [1.807, 2.05) is 0 Å². The van der Waals surface area contributed by atoms with E-state index in [1.165, 1.54) is 39.8 Å². The van der Waals surface area contributed by atoms with Gasteiger partial charge in [0.05, 0.1) is 5.75 Å². The van der Waals surface area contributed by atoms with Gasteiger partial charge in [-0.1, -0.05) is 58.6 Å². The number of hydrogen-bond donors (Lipinski definition) is 1. The lowest BCUT2D eigenvalue weighted by Gasteiger charge is -2.05. The Morgan fingerprint density at radius 3 is 2.65 bits per heavy atom. The zero-order valence-corrected chi connectivity index (χ0v) is 13.7. The minimum absolute atomic E-state index is 0.246. The van der Waals surface area contributed by atoms with Gasteiger partial charge >= 0.3 is 0 Å². The number of nitrogens with two attached hydrogens (primary N) is 1. The first kappa shape index (κ1) is 15.3. The fourth-order valence-electron chi connectivity index (χ4n) is 1.54. The summed E-state index contributed by atoms with van der Waals surface area (Å²) in [6.45, 7) is 4.21. The Morgan fingerprint density at radius 1 is 1.25 bits per heavy atom. The summed E-state index contributed by atoms with van der Waals surface area (Å²) in [6.07, 6.45) is 0. The van der Waals surface area contributed by atoms with Crippen molar-refractivity contribution in [2.45, 2.75) is 28.3 Å². The monoisotopic (exact) mass is 325 g/mol. The van der Waals surface area contributed by atoms with Crippen LogP contribution in [-0.2, 0) is 10.5 Å². The lowest BCUT2D eigenvalue weighted by Crippen LogP contribution is -2.12. The van der Waals surface area contributed by atoms with Gasteiger partial charge in [0, 0.05) is 5.75 Å². The minimum Gasteiger partial charge on any atom is -0.369 e. The van der Waals surface area contributed by atoms with E-state index in [0.29, 0.717) is 0 Å². The highest BCUT2D eigenvalue weighted by atomic mass is 32.2. The molecule has 0 unspecified atom stereocenters. The van der Waals surface area contributed by atoms with Crippen molar-refractivity contribution in [3.8, 4) is 0 Å². The molecule has 1 aromatic carbocycles. The lowest BCUT2D eigenvalue weighted by molar-refractivity contribution is -0.115. The number of primary amides is 1. The van der Waals surface area contributed by atoms with Gasteiger partial charge in [-0.25, -0.2) is 0 Å². The van der Waals surface area contributed by atoms with Gasteiger partial charge in [0.25, 0.3) is 0 Å². The summed E-state index contributed by atoms with van der Waals surface area (Å²) in [7, 11) is 0. The van der Waals surface area contributed by atoms with Crippen molar-refractivity contribution in [3.05, 3.63) is 34.9 Å². The van der Waals surface area contributed by atoms with Gasteiger partial charge in [-0.15, -0.1) is 10.2 Å². The first-order valence-corrected chi connectivity index (χ1v) is 8.77. The van der Waals surface area contributed by atoms with E-state index in [-0.39, 0.29) is 11.7 Å². The van der Waals surface area contributed by atoms with Crippen LogP contribution in [0.3, 0.4) is 0 Å². The third kappa shape index (κ3) is 4.50. The molecule has 2 rings (SSSR count). The molecule has 0 aliphatic carbocycles. The number of benzene rings is 1. The minimum atomic E-state index is -0.338. The highest BCUT2D eigenvalue weighted by Gasteiger charge is 2.08. The Bertz CT molecular complexity index is 613. The summed E-state index contributed by atoms with van der Waals surface area (Å²) in [5, 5.41) is 8.16. The third-order valence-corrected chi connectivity index (χ3v) is 5.84. The normalized spacial score (nSPS) is 10.7. The Morgan fingerprint density at radius 2 is 1.95 bits per heavy atom. The lowest BCUT2D eigenvalue weighted by atomic mass is 10.1. The molecule has 106 valence electrons. The fourth-order valence-corrected chi connectivity index (χ4v) is 4.36. The largest absolute Gasteiger partial charge is 0.369 e. The molecule has 2 N–H and O–H groups in total. The molecule has 0 radical (unpaired) electrons. The van der Waals surface area contributed by atoms with Crippen LogP contribution in [0.25, 0.3) is 0 Å². The summed E-state index contributed by atoms with van der Waals surface area (Å²) >= 11 is 4.50. The van der Waals surface area contributed by atoms with Crippen molar-refractivity contribution in [2.75, 3.05) is 5.75 Å². The molecule has 0 saturated heterocycles. The number of rotatable bonds is 6. The Kier molecular flexibility index (Phi) is 5.45. The van der Waals surface area contributed by atoms with Gasteiger partial charge in [-0.05, 0) is 25.0 Å². The van der Waals surface area contributed by atoms with E-state index < -0.39 is 0 Å². The molecular formula is C13H15N3OS3. The Labute approximate surface area is 130 Å². The molecule has 0 spiro atoms. The van der Waals surface area contributed by atoms with Crippen LogP contribution in [-0.4, -0.2) is 21.9 Å². The average molecular weight is 325 g/mol. The molecule has 0 bridgehead atoms. The van der Waals surface area contributed by atoms with E-state index in [1.54, 1.807) is 11.8 Å².